The van der Waals surface area contributed by atoms with Gasteiger partial charge in [-0.2, -0.15) is 4.31 Å². The first-order valence-electron chi connectivity index (χ1n) is 10.1. The van der Waals surface area contributed by atoms with Gasteiger partial charge < -0.3 is 9.64 Å². The second-order valence-electron chi connectivity index (χ2n) is 7.49. The van der Waals surface area contributed by atoms with E-state index in [-0.39, 0.29) is 9.77 Å². The molecule has 168 valence electrons. The van der Waals surface area contributed by atoms with Crippen LogP contribution in [0.4, 0.5) is 5.69 Å². The van der Waals surface area contributed by atoms with Crippen LogP contribution < -0.4 is 4.90 Å². The van der Waals surface area contributed by atoms with Gasteiger partial charge in [0.15, 0.2) is 0 Å². The van der Waals surface area contributed by atoms with E-state index in [2.05, 4.69) is 4.90 Å². The number of anilines is 1. The lowest BCUT2D eigenvalue weighted by atomic mass is 10.1. The first-order valence-corrected chi connectivity index (χ1v) is 12.8. The molecule has 9 heteroatoms. The van der Waals surface area contributed by atoms with Crippen LogP contribution in [0.25, 0.3) is 11.1 Å². The lowest BCUT2D eigenvalue weighted by Crippen LogP contribution is -2.49. The Morgan fingerprint density at radius 3 is 2.41 bits per heavy atom. The smallest absolute Gasteiger partial charge is 0.349 e. The molecule has 0 aliphatic carbocycles. The van der Waals surface area contributed by atoms with E-state index in [1.165, 1.54) is 11.4 Å². The Kier molecular flexibility index (Phi) is 6.57. The van der Waals surface area contributed by atoms with Crippen molar-refractivity contribution >= 4 is 44.6 Å². The van der Waals surface area contributed by atoms with E-state index >= 15 is 0 Å². The van der Waals surface area contributed by atoms with Crippen LogP contribution in [-0.2, 0) is 14.8 Å². The molecule has 3 aromatic rings. The maximum absolute atomic E-state index is 13.7. The molecule has 4 rings (SSSR count). The summed E-state index contributed by atoms with van der Waals surface area (Å²) in [5, 5.41) is 2.36. The average Bonchev–Trinajstić information content (AvgIpc) is 3.27. The SMILES string of the molecule is COC(=O)c1scc(-c2ccccc2)c1S(=O)(=O)N1CCN(c2cc(Cl)ccc2C)CC1. The summed E-state index contributed by atoms with van der Waals surface area (Å²) in [6.07, 6.45) is 0. The van der Waals surface area contributed by atoms with Crippen LogP contribution in [0.5, 0.6) is 0 Å². The van der Waals surface area contributed by atoms with Gasteiger partial charge >= 0.3 is 5.97 Å². The van der Waals surface area contributed by atoms with Gasteiger partial charge in [-0.15, -0.1) is 11.3 Å². The van der Waals surface area contributed by atoms with E-state index in [4.69, 9.17) is 16.3 Å². The summed E-state index contributed by atoms with van der Waals surface area (Å²) >= 11 is 7.26. The Bertz CT molecular complexity index is 1230. The highest BCUT2D eigenvalue weighted by Gasteiger charge is 2.36. The summed E-state index contributed by atoms with van der Waals surface area (Å²) in [5.41, 5.74) is 3.35. The number of carbonyl (C=O) groups excluding carboxylic acids is 1. The zero-order chi connectivity index (χ0) is 22.9. The summed E-state index contributed by atoms with van der Waals surface area (Å²) in [4.78, 5) is 14.7. The minimum absolute atomic E-state index is 0.0212. The van der Waals surface area contributed by atoms with Crippen molar-refractivity contribution in [3.8, 4) is 11.1 Å². The van der Waals surface area contributed by atoms with Gasteiger partial charge in [0.05, 0.1) is 7.11 Å². The van der Waals surface area contributed by atoms with Crippen molar-refractivity contribution in [1.82, 2.24) is 4.31 Å². The normalized spacial score (nSPS) is 15.0. The number of rotatable bonds is 5. The Morgan fingerprint density at radius 2 is 1.75 bits per heavy atom. The number of methoxy groups -OCH3 is 1. The van der Waals surface area contributed by atoms with Crippen molar-refractivity contribution in [2.45, 2.75) is 11.8 Å². The van der Waals surface area contributed by atoms with Gasteiger partial charge in [-0.3, -0.25) is 0 Å². The average molecular weight is 491 g/mol. The van der Waals surface area contributed by atoms with Crippen molar-refractivity contribution in [3.05, 3.63) is 69.4 Å². The Balaban J connectivity index is 1.66. The molecule has 0 unspecified atom stereocenters. The van der Waals surface area contributed by atoms with Crippen molar-refractivity contribution in [3.63, 3.8) is 0 Å². The minimum atomic E-state index is -3.92. The summed E-state index contributed by atoms with van der Waals surface area (Å²) in [7, 11) is -2.66. The minimum Gasteiger partial charge on any atom is -0.465 e. The Labute approximate surface area is 197 Å². The predicted octanol–water partition coefficient (Wildman–Crippen LogP) is 4.67. The number of esters is 1. The molecular weight excluding hydrogens is 468 g/mol. The van der Waals surface area contributed by atoms with Gasteiger partial charge in [0.1, 0.15) is 9.77 Å². The highest BCUT2D eigenvalue weighted by Crippen LogP contribution is 2.38. The second-order valence-corrected chi connectivity index (χ2v) is 10.7. The van der Waals surface area contributed by atoms with E-state index < -0.39 is 16.0 Å². The lowest BCUT2D eigenvalue weighted by molar-refractivity contribution is 0.0602. The molecule has 1 saturated heterocycles. The third-order valence-electron chi connectivity index (χ3n) is 5.55. The maximum atomic E-state index is 13.7. The highest BCUT2D eigenvalue weighted by molar-refractivity contribution is 7.89. The number of sulfonamides is 1. The van der Waals surface area contributed by atoms with Gasteiger partial charge in [0.25, 0.3) is 0 Å². The van der Waals surface area contributed by atoms with Crippen molar-refractivity contribution < 1.29 is 17.9 Å². The zero-order valence-electron chi connectivity index (χ0n) is 17.7. The van der Waals surface area contributed by atoms with Crippen LogP contribution in [0.15, 0.2) is 58.8 Å². The standard InChI is InChI=1S/C23H23ClN2O4S2/c1-16-8-9-18(24)14-20(16)25-10-12-26(13-11-25)32(28,29)22-19(17-6-4-3-5-7-17)15-31-21(22)23(27)30-2/h3-9,14-15H,10-13H2,1-2H3. The van der Waals surface area contributed by atoms with Crippen LogP contribution in [0.1, 0.15) is 15.2 Å². The maximum Gasteiger partial charge on any atom is 0.349 e. The van der Waals surface area contributed by atoms with E-state index in [9.17, 15) is 13.2 Å². The van der Waals surface area contributed by atoms with Crippen LogP contribution >= 0.6 is 22.9 Å². The van der Waals surface area contributed by atoms with Gasteiger partial charge in [-0.05, 0) is 30.2 Å². The summed E-state index contributed by atoms with van der Waals surface area (Å²) in [5.74, 6) is -0.649. The quantitative estimate of drug-likeness (QED) is 0.486. The fourth-order valence-electron chi connectivity index (χ4n) is 3.88. The first-order chi connectivity index (χ1) is 15.3. The molecule has 1 aliphatic rings. The zero-order valence-corrected chi connectivity index (χ0v) is 20.1. The molecule has 0 atom stereocenters. The Morgan fingerprint density at radius 1 is 1.06 bits per heavy atom. The van der Waals surface area contributed by atoms with E-state index in [0.29, 0.717) is 36.8 Å². The monoisotopic (exact) mass is 490 g/mol. The van der Waals surface area contributed by atoms with E-state index in [1.54, 1.807) is 5.38 Å². The molecule has 0 radical (unpaired) electrons. The number of hydrogen-bond donors (Lipinski definition) is 0. The van der Waals surface area contributed by atoms with Gasteiger partial charge in [0, 0.05) is 47.8 Å². The molecule has 0 amide bonds. The van der Waals surface area contributed by atoms with Gasteiger partial charge in [-0.25, -0.2) is 13.2 Å². The molecule has 2 aromatic carbocycles. The van der Waals surface area contributed by atoms with Crippen LogP contribution in [0.2, 0.25) is 5.02 Å². The molecule has 0 saturated carbocycles. The number of hydrogen-bond acceptors (Lipinski definition) is 6. The molecule has 0 N–H and O–H groups in total. The highest BCUT2D eigenvalue weighted by atomic mass is 35.5. The number of thiophene rings is 1. The van der Waals surface area contributed by atoms with Crippen LogP contribution in [-0.4, -0.2) is 52.0 Å². The number of halogens is 1. The molecule has 0 spiro atoms. The third kappa shape index (κ3) is 4.28. The molecule has 0 bridgehead atoms. The number of piperazine rings is 1. The number of nitrogens with zero attached hydrogens (tertiary/aromatic N) is 2. The predicted molar refractivity (Wildman–Crippen MR) is 128 cm³/mol. The van der Waals surface area contributed by atoms with E-state index in [0.717, 1.165) is 28.2 Å². The number of aryl methyl sites for hydroxylation is 1. The number of carbonyl (C=O) groups is 1. The molecule has 1 aromatic heterocycles. The largest absolute Gasteiger partial charge is 0.465 e. The third-order valence-corrected chi connectivity index (χ3v) is 8.86. The van der Waals surface area contributed by atoms with Crippen molar-refractivity contribution in [2.24, 2.45) is 0 Å². The van der Waals surface area contributed by atoms with E-state index in [1.807, 2.05) is 55.5 Å². The molecule has 1 fully saturated rings. The fraction of sp³-hybridized carbons (Fsp3) is 0.261. The lowest BCUT2D eigenvalue weighted by Gasteiger charge is -2.36. The van der Waals surface area contributed by atoms with Crippen molar-refractivity contribution in [1.29, 1.82) is 0 Å². The topological polar surface area (TPSA) is 66.9 Å². The molecule has 6 nitrogen and oxygen atoms in total. The van der Waals surface area contributed by atoms with Gasteiger partial charge in [0.2, 0.25) is 10.0 Å². The molecular formula is C23H23ClN2O4S2. The van der Waals surface area contributed by atoms with Gasteiger partial charge in [-0.1, -0.05) is 48.0 Å². The van der Waals surface area contributed by atoms with Crippen molar-refractivity contribution in [2.75, 3.05) is 38.2 Å². The molecule has 2 heterocycles. The van der Waals surface area contributed by atoms with Crippen LogP contribution in [0, 0.1) is 6.92 Å². The summed E-state index contributed by atoms with van der Waals surface area (Å²) < 4.78 is 33.8. The summed E-state index contributed by atoms with van der Waals surface area (Å²) in [6.45, 7) is 3.67. The number of benzene rings is 2. The Hall–Kier alpha value is -2.39. The second kappa shape index (κ2) is 9.23. The van der Waals surface area contributed by atoms with Crippen LogP contribution in [0.3, 0.4) is 0 Å². The number of ether oxygens (including phenoxy) is 1. The first kappa shape index (κ1) is 22.8. The molecule has 1 aliphatic heterocycles. The fourth-order valence-corrected chi connectivity index (χ4v) is 7.14. The summed E-state index contributed by atoms with van der Waals surface area (Å²) in [6, 6.07) is 14.9. The molecule has 32 heavy (non-hydrogen) atoms.